The van der Waals surface area contributed by atoms with Crippen LogP contribution < -0.4 is 5.32 Å². The molecule has 0 aliphatic rings. The van der Waals surface area contributed by atoms with Crippen molar-refractivity contribution in [2.24, 2.45) is 0 Å². The van der Waals surface area contributed by atoms with Crippen LogP contribution in [0.3, 0.4) is 0 Å². The average molecular weight is 326 g/mol. The van der Waals surface area contributed by atoms with Crippen LogP contribution >= 0.6 is 11.3 Å². The summed E-state index contributed by atoms with van der Waals surface area (Å²) in [6.45, 7) is 4.68. The average Bonchev–Trinajstić information content (AvgIpc) is 3.24. The molecule has 0 fully saturated rings. The largest absolute Gasteiger partial charge is 0.346 e. The molecule has 0 spiro atoms. The molecular formula is C17H18N4OS. The molecular weight excluding hydrogens is 308 g/mol. The lowest BCUT2D eigenvalue weighted by Gasteiger charge is -2.05. The predicted octanol–water partition coefficient (Wildman–Crippen LogP) is 3.38. The minimum absolute atomic E-state index is 0.0940. The van der Waals surface area contributed by atoms with Crippen LogP contribution in [-0.2, 0) is 6.54 Å². The molecule has 5 nitrogen and oxygen atoms in total. The van der Waals surface area contributed by atoms with Crippen molar-refractivity contribution in [3.63, 3.8) is 0 Å². The first kappa shape index (κ1) is 15.4. The van der Waals surface area contributed by atoms with E-state index < -0.39 is 0 Å². The fourth-order valence-electron chi connectivity index (χ4n) is 2.13. The maximum atomic E-state index is 12.2. The van der Waals surface area contributed by atoms with E-state index in [0.29, 0.717) is 18.0 Å². The molecule has 0 radical (unpaired) electrons. The molecule has 0 atom stereocenters. The Bertz CT molecular complexity index is 775. The van der Waals surface area contributed by atoms with Crippen molar-refractivity contribution >= 4 is 17.2 Å². The maximum absolute atomic E-state index is 12.2. The van der Waals surface area contributed by atoms with Gasteiger partial charge in [-0.25, -0.2) is 9.97 Å². The number of hydrogen-bond donors (Lipinski definition) is 1. The number of aromatic nitrogens is 3. The second kappa shape index (κ2) is 6.75. The van der Waals surface area contributed by atoms with Crippen LogP contribution in [0.4, 0.5) is 0 Å². The lowest BCUT2D eigenvalue weighted by molar-refractivity contribution is 0.0951. The minimum atomic E-state index is -0.0940. The number of carbonyl (C=O) groups excluding carboxylic acids is 1. The molecule has 0 aliphatic heterocycles. The van der Waals surface area contributed by atoms with Crippen molar-refractivity contribution in [1.82, 2.24) is 19.9 Å². The molecule has 0 saturated heterocycles. The van der Waals surface area contributed by atoms with Crippen molar-refractivity contribution in [1.29, 1.82) is 0 Å². The molecule has 1 aromatic carbocycles. The molecule has 3 aromatic rings. The number of nitrogens with one attached hydrogen (secondary N) is 1. The number of amides is 1. The number of rotatable bonds is 5. The summed E-state index contributed by atoms with van der Waals surface area (Å²) in [5.41, 5.74) is 2.68. The van der Waals surface area contributed by atoms with E-state index >= 15 is 0 Å². The highest BCUT2D eigenvalue weighted by molar-refractivity contribution is 7.09. The van der Waals surface area contributed by atoms with Crippen LogP contribution in [0.25, 0.3) is 5.69 Å². The van der Waals surface area contributed by atoms with Crippen LogP contribution in [0.1, 0.15) is 40.8 Å². The summed E-state index contributed by atoms with van der Waals surface area (Å²) in [7, 11) is 0. The third-order valence-electron chi connectivity index (χ3n) is 3.49. The lowest BCUT2D eigenvalue weighted by atomic mass is 10.2. The minimum Gasteiger partial charge on any atom is -0.346 e. The molecule has 2 heterocycles. The zero-order valence-electron chi connectivity index (χ0n) is 13.1. The van der Waals surface area contributed by atoms with Crippen LogP contribution in [0, 0.1) is 0 Å². The molecule has 0 saturated carbocycles. The Labute approximate surface area is 139 Å². The van der Waals surface area contributed by atoms with Crippen molar-refractivity contribution in [3.8, 4) is 5.69 Å². The first-order chi connectivity index (χ1) is 11.1. The molecule has 1 N–H and O–H groups in total. The number of imidazole rings is 1. The van der Waals surface area contributed by atoms with Crippen LogP contribution in [0.5, 0.6) is 0 Å². The summed E-state index contributed by atoms with van der Waals surface area (Å²) in [6.07, 6.45) is 5.31. The standard InChI is InChI=1S/C17H18N4OS/c1-12(2)15-10-23-16(20-15)9-19-17(22)13-3-5-14(6-4-13)21-8-7-18-11-21/h3-8,10-12H,9H2,1-2H3,(H,19,22). The Kier molecular flexibility index (Phi) is 4.52. The lowest BCUT2D eigenvalue weighted by Crippen LogP contribution is -2.22. The predicted molar refractivity (Wildman–Crippen MR) is 90.9 cm³/mol. The van der Waals surface area contributed by atoms with Crippen molar-refractivity contribution in [2.45, 2.75) is 26.3 Å². The van der Waals surface area contributed by atoms with Crippen LogP contribution in [-0.4, -0.2) is 20.4 Å². The van der Waals surface area contributed by atoms with Gasteiger partial charge in [-0.05, 0) is 30.2 Å². The molecule has 6 heteroatoms. The van der Waals surface area contributed by atoms with Gasteiger partial charge in [-0.1, -0.05) is 13.8 Å². The smallest absolute Gasteiger partial charge is 0.251 e. The molecule has 23 heavy (non-hydrogen) atoms. The van der Waals surface area contributed by atoms with Gasteiger partial charge in [0.25, 0.3) is 5.91 Å². The van der Waals surface area contributed by atoms with E-state index in [9.17, 15) is 4.79 Å². The van der Waals surface area contributed by atoms with Gasteiger partial charge in [-0.2, -0.15) is 0 Å². The number of nitrogens with zero attached hydrogens (tertiary/aromatic N) is 3. The van der Waals surface area contributed by atoms with Gasteiger partial charge in [0.05, 0.1) is 18.6 Å². The Morgan fingerprint density at radius 3 is 2.70 bits per heavy atom. The van der Waals surface area contributed by atoms with Crippen LogP contribution in [0.15, 0.2) is 48.4 Å². The van der Waals surface area contributed by atoms with Crippen molar-refractivity contribution in [3.05, 3.63) is 64.6 Å². The first-order valence-electron chi connectivity index (χ1n) is 7.44. The van der Waals surface area contributed by atoms with Gasteiger partial charge < -0.3 is 9.88 Å². The highest BCUT2D eigenvalue weighted by atomic mass is 32.1. The van der Waals surface area contributed by atoms with E-state index in [4.69, 9.17) is 0 Å². The first-order valence-corrected chi connectivity index (χ1v) is 8.32. The second-order valence-corrected chi connectivity index (χ2v) is 6.46. The van der Waals surface area contributed by atoms with Gasteiger partial charge in [0.2, 0.25) is 0 Å². The van der Waals surface area contributed by atoms with Gasteiger partial charge in [-0.15, -0.1) is 11.3 Å². The monoisotopic (exact) mass is 326 g/mol. The van der Waals surface area contributed by atoms with E-state index in [1.54, 1.807) is 23.9 Å². The summed E-state index contributed by atoms with van der Waals surface area (Å²) < 4.78 is 1.89. The summed E-state index contributed by atoms with van der Waals surface area (Å²) in [5, 5.41) is 5.89. The summed E-state index contributed by atoms with van der Waals surface area (Å²) in [5.74, 6) is 0.315. The van der Waals surface area contributed by atoms with E-state index in [1.165, 1.54) is 0 Å². The Balaban J connectivity index is 1.61. The quantitative estimate of drug-likeness (QED) is 0.782. The van der Waals surface area contributed by atoms with Gasteiger partial charge in [0.15, 0.2) is 0 Å². The zero-order chi connectivity index (χ0) is 16.2. The van der Waals surface area contributed by atoms with E-state index in [-0.39, 0.29) is 5.91 Å². The van der Waals surface area contributed by atoms with Crippen LogP contribution in [0.2, 0.25) is 0 Å². The fourth-order valence-corrected chi connectivity index (χ4v) is 3.02. The molecule has 0 unspecified atom stereocenters. The number of hydrogen-bond acceptors (Lipinski definition) is 4. The summed E-state index contributed by atoms with van der Waals surface area (Å²) in [6, 6.07) is 7.42. The Hall–Kier alpha value is -2.47. The van der Waals surface area contributed by atoms with Crippen molar-refractivity contribution in [2.75, 3.05) is 0 Å². The topological polar surface area (TPSA) is 59.8 Å². The highest BCUT2D eigenvalue weighted by Crippen LogP contribution is 2.17. The van der Waals surface area contributed by atoms with Crippen molar-refractivity contribution < 1.29 is 4.79 Å². The number of benzene rings is 1. The maximum Gasteiger partial charge on any atom is 0.251 e. The highest BCUT2D eigenvalue weighted by Gasteiger charge is 2.09. The van der Waals surface area contributed by atoms with E-state index in [0.717, 1.165) is 16.4 Å². The Morgan fingerprint density at radius 1 is 1.30 bits per heavy atom. The molecule has 118 valence electrons. The second-order valence-electron chi connectivity index (χ2n) is 5.52. The molecule has 2 aromatic heterocycles. The number of thiazole rings is 1. The third kappa shape index (κ3) is 3.65. The Morgan fingerprint density at radius 2 is 2.09 bits per heavy atom. The summed E-state index contributed by atoms with van der Waals surface area (Å²) >= 11 is 1.58. The molecule has 0 bridgehead atoms. The third-order valence-corrected chi connectivity index (χ3v) is 4.36. The van der Waals surface area contributed by atoms with E-state index in [2.05, 4.69) is 29.1 Å². The SMILES string of the molecule is CC(C)c1csc(CNC(=O)c2ccc(-n3ccnc3)cc2)n1. The molecule has 1 amide bonds. The van der Waals surface area contributed by atoms with Gasteiger partial charge in [0.1, 0.15) is 5.01 Å². The normalized spacial score (nSPS) is 10.9. The summed E-state index contributed by atoms with van der Waals surface area (Å²) in [4.78, 5) is 20.7. The number of carbonyl (C=O) groups is 1. The van der Waals surface area contributed by atoms with E-state index in [1.807, 2.05) is 40.4 Å². The fraction of sp³-hybridized carbons (Fsp3) is 0.235. The molecule has 3 rings (SSSR count). The van der Waals surface area contributed by atoms with Gasteiger partial charge in [0, 0.05) is 29.0 Å². The van der Waals surface area contributed by atoms with Gasteiger partial charge >= 0.3 is 0 Å². The zero-order valence-corrected chi connectivity index (χ0v) is 13.9. The molecule has 0 aliphatic carbocycles. The van der Waals surface area contributed by atoms with Gasteiger partial charge in [-0.3, -0.25) is 4.79 Å².